The lowest BCUT2D eigenvalue weighted by Gasteiger charge is -2.16. The number of sulfone groups is 1. The lowest BCUT2D eigenvalue weighted by molar-refractivity contribution is -0.120. The van der Waals surface area contributed by atoms with Gasteiger partial charge in [-0.2, -0.15) is 0 Å². The monoisotopic (exact) mass is 297 g/mol. The summed E-state index contributed by atoms with van der Waals surface area (Å²) in [5, 5.41) is 1.61. The fraction of sp³-hybridized carbons (Fsp3) is 0.533. The first kappa shape index (κ1) is 16.7. The van der Waals surface area contributed by atoms with Crippen LogP contribution >= 0.6 is 0 Å². The number of hydrogen-bond donors (Lipinski definition) is 1. The van der Waals surface area contributed by atoms with Crippen LogP contribution in [-0.4, -0.2) is 25.6 Å². The van der Waals surface area contributed by atoms with E-state index >= 15 is 0 Å². The zero-order valence-electron chi connectivity index (χ0n) is 12.7. The van der Waals surface area contributed by atoms with Crippen molar-refractivity contribution in [1.82, 2.24) is 5.32 Å². The van der Waals surface area contributed by atoms with Gasteiger partial charge in [-0.05, 0) is 45.7 Å². The summed E-state index contributed by atoms with van der Waals surface area (Å²) in [7, 11) is -3.51. The number of amides is 1. The van der Waals surface area contributed by atoms with E-state index in [0.717, 1.165) is 16.7 Å². The largest absolute Gasteiger partial charge is 0.353 e. The fourth-order valence-corrected chi connectivity index (χ4v) is 3.25. The topological polar surface area (TPSA) is 63.2 Å². The Balaban J connectivity index is 2.94. The summed E-state index contributed by atoms with van der Waals surface area (Å²) in [6.45, 7) is 8.86. The summed E-state index contributed by atoms with van der Waals surface area (Å²) in [6, 6.07) is 5.64. The molecule has 4 nitrogen and oxygen atoms in total. The molecule has 1 aromatic rings. The molecule has 0 saturated carbocycles. The Hall–Kier alpha value is -1.36. The van der Waals surface area contributed by atoms with Crippen molar-refractivity contribution >= 4 is 15.7 Å². The zero-order chi connectivity index (χ0) is 15.5. The SMILES string of the molecule is Cc1ccc(C)c(CS(=O)(=O)C(C)C(=O)NC(C)C)c1. The Kier molecular flexibility index (Phi) is 5.34. The van der Waals surface area contributed by atoms with Crippen molar-refractivity contribution in [3.05, 3.63) is 34.9 Å². The summed E-state index contributed by atoms with van der Waals surface area (Å²) in [5.74, 6) is -0.544. The van der Waals surface area contributed by atoms with Crippen LogP contribution in [0.5, 0.6) is 0 Å². The summed E-state index contributed by atoms with van der Waals surface area (Å²) in [6.07, 6.45) is 0. The molecule has 112 valence electrons. The van der Waals surface area contributed by atoms with Crippen LogP contribution in [0.25, 0.3) is 0 Å². The quantitative estimate of drug-likeness (QED) is 0.905. The minimum atomic E-state index is -3.51. The second-order valence-electron chi connectivity index (χ2n) is 5.54. The number of aryl methyl sites for hydroxylation is 2. The van der Waals surface area contributed by atoms with Crippen LogP contribution in [-0.2, 0) is 20.4 Å². The highest BCUT2D eigenvalue weighted by molar-refractivity contribution is 7.92. The molecule has 0 radical (unpaired) electrons. The second-order valence-corrected chi connectivity index (χ2v) is 7.86. The van der Waals surface area contributed by atoms with Gasteiger partial charge in [-0.15, -0.1) is 0 Å². The van der Waals surface area contributed by atoms with Gasteiger partial charge in [0.15, 0.2) is 9.84 Å². The van der Waals surface area contributed by atoms with E-state index in [1.165, 1.54) is 6.92 Å². The van der Waals surface area contributed by atoms with E-state index in [1.807, 2.05) is 45.9 Å². The van der Waals surface area contributed by atoms with Crippen molar-refractivity contribution in [2.24, 2.45) is 0 Å². The summed E-state index contributed by atoms with van der Waals surface area (Å²) in [5.41, 5.74) is 2.70. The summed E-state index contributed by atoms with van der Waals surface area (Å²) < 4.78 is 24.7. The van der Waals surface area contributed by atoms with Crippen LogP contribution in [0.3, 0.4) is 0 Å². The normalized spacial score (nSPS) is 13.3. The Morgan fingerprint density at radius 2 is 1.80 bits per heavy atom. The van der Waals surface area contributed by atoms with E-state index in [1.54, 1.807) is 0 Å². The molecule has 0 aliphatic heterocycles. The van der Waals surface area contributed by atoms with Crippen LogP contribution in [0.2, 0.25) is 0 Å². The predicted molar refractivity (Wildman–Crippen MR) is 81.3 cm³/mol. The molecular formula is C15H23NO3S. The highest BCUT2D eigenvalue weighted by Gasteiger charge is 2.28. The van der Waals surface area contributed by atoms with Crippen molar-refractivity contribution in [1.29, 1.82) is 0 Å². The van der Waals surface area contributed by atoms with Crippen LogP contribution < -0.4 is 5.32 Å². The van der Waals surface area contributed by atoms with E-state index in [0.29, 0.717) is 0 Å². The third kappa shape index (κ3) is 4.34. The maximum Gasteiger partial charge on any atom is 0.238 e. The molecule has 0 aromatic heterocycles. The molecule has 1 unspecified atom stereocenters. The third-order valence-electron chi connectivity index (χ3n) is 3.20. The van der Waals surface area contributed by atoms with Gasteiger partial charge in [0.1, 0.15) is 5.25 Å². The van der Waals surface area contributed by atoms with Crippen LogP contribution in [0.15, 0.2) is 18.2 Å². The first-order valence-electron chi connectivity index (χ1n) is 6.71. The molecule has 20 heavy (non-hydrogen) atoms. The van der Waals surface area contributed by atoms with Crippen molar-refractivity contribution < 1.29 is 13.2 Å². The van der Waals surface area contributed by atoms with E-state index in [9.17, 15) is 13.2 Å². The number of rotatable bonds is 5. The van der Waals surface area contributed by atoms with Crippen molar-refractivity contribution in [2.45, 2.75) is 51.7 Å². The van der Waals surface area contributed by atoms with Crippen molar-refractivity contribution in [2.75, 3.05) is 0 Å². The first-order valence-corrected chi connectivity index (χ1v) is 8.43. The van der Waals surface area contributed by atoms with Gasteiger partial charge in [-0.1, -0.05) is 23.8 Å². The van der Waals surface area contributed by atoms with Gasteiger partial charge in [0.2, 0.25) is 5.91 Å². The predicted octanol–water partition coefficient (Wildman–Crippen LogP) is 2.13. The van der Waals surface area contributed by atoms with E-state index in [4.69, 9.17) is 0 Å². The lowest BCUT2D eigenvalue weighted by Crippen LogP contribution is -2.41. The van der Waals surface area contributed by atoms with Gasteiger partial charge in [0.05, 0.1) is 5.75 Å². The molecule has 1 N–H and O–H groups in total. The minimum Gasteiger partial charge on any atom is -0.353 e. The summed E-state index contributed by atoms with van der Waals surface area (Å²) in [4.78, 5) is 11.9. The van der Waals surface area contributed by atoms with E-state index in [2.05, 4.69) is 5.32 Å². The summed E-state index contributed by atoms with van der Waals surface area (Å²) >= 11 is 0. The molecule has 1 amide bonds. The number of hydrogen-bond acceptors (Lipinski definition) is 3. The standard InChI is InChI=1S/C15H23NO3S/c1-10(2)16-15(17)13(5)20(18,19)9-14-8-11(3)6-7-12(14)4/h6-8,10,13H,9H2,1-5H3,(H,16,17). The van der Waals surface area contributed by atoms with Crippen molar-refractivity contribution in [3.63, 3.8) is 0 Å². The molecule has 0 heterocycles. The van der Waals surface area contributed by atoms with Gasteiger partial charge < -0.3 is 5.32 Å². The molecule has 0 bridgehead atoms. The minimum absolute atomic E-state index is 0.0687. The molecule has 0 aliphatic carbocycles. The molecule has 0 spiro atoms. The average Bonchev–Trinajstić information content (AvgIpc) is 2.31. The molecule has 1 atom stereocenters. The number of nitrogens with one attached hydrogen (secondary N) is 1. The Bertz CT molecular complexity index is 591. The fourth-order valence-electron chi connectivity index (χ4n) is 1.86. The second kappa shape index (κ2) is 6.39. The number of benzene rings is 1. The molecule has 5 heteroatoms. The Morgan fingerprint density at radius 1 is 1.20 bits per heavy atom. The number of carbonyl (C=O) groups excluding carboxylic acids is 1. The van der Waals surface area contributed by atoms with Crippen LogP contribution in [0.1, 0.15) is 37.5 Å². The third-order valence-corrected chi connectivity index (χ3v) is 5.20. The smallest absolute Gasteiger partial charge is 0.238 e. The maximum atomic E-state index is 12.3. The molecule has 0 saturated heterocycles. The van der Waals surface area contributed by atoms with Gasteiger partial charge in [-0.25, -0.2) is 8.42 Å². The van der Waals surface area contributed by atoms with Crippen LogP contribution in [0.4, 0.5) is 0 Å². The first-order chi connectivity index (χ1) is 9.13. The molecule has 0 fully saturated rings. The van der Waals surface area contributed by atoms with Gasteiger partial charge in [0.25, 0.3) is 0 Å². The van der Waals surface area contributed by atoms with Crippen LogP contribution in [0, 0.1) is 13.8 Å². The zero-order valence-corrected chi connectivity index (χ0v) is 13.5. The van der Waals surface area contributed by atoms with Gasteiger partial charge >= 0.3 is 0 Å². The highest BCUT2D eigenvalue weighted by atomic mass is 32.2. The highest BCUT2D eigenvalue weighted by Crippen LogP contribution is 2.17. The molecular weight excluding hydrogens is 274 g/mol. The average molecular weight is 297 g/mol. The van der Waals surface area contributed by atoms with E-state index in [-0.39, 0.29) is 11.8 Å². The van der Waals surface area contributed by atoms with Crippen molar-refractivity contribution in [3.8, 4) is 0 Å². The van der Waals surface area contributed by atoms with Gasteiger partial charge in [-0.3, -0.25) is 4.79 Å². The Labute approximate surface area is 121 Å². The lowest BCUT2D eigenvalue weighted by atomic mass is 10.1. The molecule has 0 aliphatic rings. The Morgan fingerprint density at radius 3 is 2.35 bits per heavy atom. The molecule has 1 aromatic carbocycles. The van der Waals surface area contributed by atoms with E-state index < -0.39 is 21.0 Å². The van der Waals surface area contributed by atoms with Gasteiger partial charge in [0, 0.05) is 6.04 Å². The maximum absolute atomic E-state index is 12.3. The molecule has 1 rings (SSSR count). The number of carbonyl (C=O) groups is 1.